The number of piperazine rings is 1. The van der Waals surface area contributed by atoms with Gasteiger partial charge in [0.15, 0.2) is 11.5 Å². The second-order valence-corrected chi connectivity index (χ2v) is 8.45. The zero-order chi connectivity index (χ0) is 20.9. The van der Waals surface area contributed by atoms with Gasteiger partial charge in [-0.3, -0.25) is 9.80 Å². The smallest absolute Gasteiger partial charge is 0.231 e. The highest BCUT2D eigenvalue weighted by molar-refractivity contribution is 5.46. The SMILES string of the molecule is CC(C)c1ccc(CN2CCN(CC(O)COc3ccc4c(c3)OCO4)CC2)cc1. The summed E-state index contributed by atoms with van der Waals surface area (Å²) in [5.74, 6) is 2.68. The molecule has 0 spiro atoms. The quantitative estimate of drug-likeness (QED) is 0.719. The number of rotatable bonds is 8. The molecule has 162 valence electrons. The molecule has 2 aromatic rings. The van der Waals surface area contributed by atoms with Gasteiger partial charge in [0.1, 0.15) is 18.5 Å². The summed E-state index contributed by atoms with van der Waals surface area (Å²) >= 11 is 0. The van der Waals surface area contributed by atoms with Gasteiger partial charge in [-0.15, -0.1) is 0 Å². The van der Waals surface area contributed by atoms with Gasteiger partial charge in [0.2, 0.25) is 6.79 Å². The van der Waals surface area contributed by atoms with Crippen molar-refractivity contribution in [2.45, 2.75) is 32.4 Å². The average Bonchev–Trinajstić information content (AvgIpc) is 3.22. The lowest BCUT2D eigenvalue weighted by molar-refractivity contribution is 0.0446. The van der Waals surface area contributed by atoms with Crippen LogP contribution in [0.4, 0.5) is 0 Å². The third-order valence-electron chi connectivity index (χ3n) is 5.77. The van der Waals surface area contributed by atoms with E-state index < -0.39 is 6.10 Å². The maximum Gasteiger partial charge on any atom is 0.231 e. The zero-order valence-corrected chi connectivity index (χ0v) is 17.9. The van der Waals surface area contributed by atoms with E-state index in [0.717, 1.165) is 38.5 Å². The fourth-order valence-electron chi connectivity index (χ4n) is 3.91. The first-order valence-corrected chi connectivity index (χ1v) is 10.8. The molecule has 2 aliphatic heterocycles. The molecule has 1 unspecified atom stereocenters. The van der Waals surface area contributed by atoms with Gasteiger partial charge in [-0.05, 0) is 29.2 Å². The van der Waals surface area contributed by atoms with Crippen LogP contribution in [0.1, 0.15) is 30.9 Å². The fraction of sp³-hybridized carbons (Fsp3) is 0.500. The average molecular weight is 413 g/mol. The van der Waals surface area contributed by atoms with Crippen LogP contribution in [0.3, 0.4) is 0 Å². The highest BCUT2D eigenvalue weighted by Gasteiger charge is 2.20. The Morgan fingerprint density at radius 3 is 2.37 bits per heavy atom. The van der Waals surface area contributed by atoms with Crippen molar-refractivity contribution in [1.82, 2.24) is 9.80 Å². The normalized spacial score (nSPS) is 18.0. The third-order valence-corrected chi connectivity index (χ3v) is 5.77. The first kappa shape index (κ1) is 21.0. The minimum atomic E-state index is -0.523. The van der Waals surface area contributed by atoms with Crippen molar-refractivity contribution in [3.63, 3.8) is 0 Å². The van der Waals surface area contributed by atoms with Crippen molar-refractivity contribution < 1.29 is 19.3 Å². The van der Waals surface area contributed by atoms with Gasteiger partial charge in [0.25, 0.3) is 0 Å². The molecule has 0 bridgehead atoms. The first-order chi connectivity index (χ1) is 14.6. The summed E-state index contributed by atoms with van der Waals surface area (Å²) in [6.07, 6.45) is -0.523. The summed E-state index contributed by atoms with van der Waals surface area (Å²) < 4.78 is 16.4. The molecule has 0 amide bonds. The second-order valence-electron chi connectivity index (χ2n) is 8.45. The molecule has 30 heavy (non-hydrogen) atoms. The van der Waals surface area contributed by atoms with Crippen LogP contribution < -0.4 is 14.2 Å². The summed E-state index contributed by atoms with van der Waals surface area (Å²) in [6, 6.07) is 14.5. The Morgan fingerprint density at radius 1 is 0.933 bits per heavy atom. The molecule has 0 radical (unpaired) electrons. The molecule has 1 atom stereocenters. The molecule has 0 aromatic heterocycles. The topological polar surface area (TPSA) is 54.4 Å². The van der Waals surface area contributed by atoms with Gasteiger partial charge < -0.3 is 19.3 Å². The van der Waals surface area contributed by atoms with E-state index in [1.165, 1.54) is 11.1 Å². The number of nitrogens with zero attached hydrogens (tertiary/aromatic N) is 2. The zero-order valence-electron chi connectivity index (χ0n) is 17.9. The Balaban J connectivity index is 1.17. The van der Waals surface area contributed by atoms with Crippen molar-refractivity contribution in [1.29, 1.82) is 0 Å². The number of hydrogen-bond donors (Lipinski definition) is 1. The Kier molecular flexibility index (Phi) is 6.77. The number of fused-ring (bicyclic) bond motifs is 1. The Hall–Kier alpha value is -2.28. The van der Waals surface area contributed by atoms with Gasteiger partial charge in [-0.1, -0.05) is 38.1 Å². The molecular weight excluding hydrogens is 380 g/mol. The summed E-state index contributed by atoms with van der Waals surface area (Å²) in [5, 5.41) is 10.4. The molecule has 6 nitrogen and oxygen atoms in total. The van der Waals surface area contributed by atoms with Gasteiger partial charge >= 0.3 is 0 Å². The minimum absolute atomic E-state index is 0.247. The molecular formula is C24H32N2O4. The maximum atomic E-state index is 10.4. The monoisotopic (exact) mass is 412 g/mol. The largest absolute Gasteiger partial charge is 0.491 e. The Morgan fingerprint density at radius 2 is 1.63 bits per heavy atom. The highest BCUT2D eigenvalue weighted by atomic mass is 16.7. The molecule has 0 saturated carbocycles. The minimum Gasteiger partial charge on any atom is -0.491 e. The second kappa shape index (κ2) is 9.69. The van der Waals surface area contributed by atoms with Crippen LogP contribution in [-0.4, -0.2) is 67.1 Å². The molecule has 0 aliphatic carbocycles. The lowest BCUT2D eigenvalue weighted by atomic mass is 10.0. The molecule has 6 heteroatoms. The fourth-order valence-corrected chi connectivity index (χ4v) is 3.91. The van der Waals surface area contributed by atoms with Crippen LogP contribution in [-0.2, 0) is 6.54 Å². The van der Waals surface area contributed by atoms with E-state index in [-0.39, 0.29) is 13.4 Å². The number of ether oxygens (including phenoxy) is 3. The Bertz CT molecular complexity index is 816. The van der Waals surface area contributed by atoms with E-state index in [1.807, 2.05) is 18.2 Å². The Labute approximate surface area is 179 Å². The highest BCUT2D eigenvalue weighted by Crippen LogP contribution is 2.35. The van der Waals surface area contributed by atoms with Crippen LogP contribution in [0.15, 0.2) is 42.5 Å². The number of benzene rings is 2. The third kappa shape index (κ3) is 5.45. The van der Waals surface area contributed by atoms with Crippen molar-refractivity contribution in [3.05, 3.63) is 53.6 Å². The van der Waals surface area contributed by atoms with Gasteiger partial charge in [-0.2, -0.15) is 0 Å². The maximum absolute atomic E-state index is 10.4. The van der Waals surface area contributed by atoms with Crippen LogP contribution in [0.25, 0.3) is 0 Å². The molecule has 1 N–H and O–H groups in total. The first-order valence-electron chi connectivity index (χ1n) is 10.8. The van der Waals surface area contributed by atoms with E-state index in [1.54, 1.807) is 0 Å². The molecule has 4 rings (SSSR count). The van der Waals surface area contributed by atoms with E-state index in [9.17, 15) is 5.11 Å². The van der Waals surface area contributed by atoms with Crippen molar-refractivity contribution in [2.24, 2.45) is 0 Å². The number of hydrogen-bond acceptors (Lipinski definition) is 6. The molecule has 1 fully saturated rings. The van der Waals surface area contributed by atoms with Gasteiger partial charge in [0, 0.05) is 45.3 Å². The lowest BCUT2D eigenvalue weighted by Gasteiger charge is -2.35. The number of aliphatic hydroxyl groups is 1. The van der Waals surface area contributed by atoms with Crippen molar-refractivity contribution in [2.75, 3.05) is 46.1 Å². The van der Waals surface area contributed by atoms with Crippen LogP contribution >= 0.6 is 0 Å². The number of aliphatic hydroxyl groups excluding tert-OH is 1. The van der Waals surface area contributed by atoms with E-state index in [0.29, 0.717) is 24.0 Å². The number of β-amino-alcohol motifs (C(OH)–C–C–N with tert-alkyl or cyclic N) is 1. The molecule has 2 heterocycles. The van der Waals surface area contributed by atoms with E-state index >= 15 is 0 Å². The van der Waals surface area contributed by atoms with Crippen LogP contribution in [0.2, 0.25) is 0 Å². The summed E-state index contributed by atoms with van der Waals surface area (Å²) in [6.45, 7) is 10.5. The molecule has 1 saturated heterocycles. The van der Waals surface area contributed by atoms with E-state index in [2.05, 4.69) is 47.9 Å². The lowest BCUT2D eigenvalue weighted by Crippen LogP contribution is -2.48. The molecule has 2 aliphatic rings. The van der Waals surface area contributed by atoms with Crippen molar-refractivity contribution in [3.8, 4) is 17.2 Å². The molecule has 2 aromatic carbocycles. The summed E-state index contributed by atoms with van der Waals surface area (Å²) in [7, 11) is 0. The van der Waals surface area contributed by atoms with Crippen LogP contribution in [0, 0.1) is 0 Å². The summed E-state index contributed by atoms with van der Waals surface area (Å²) in [5.41, 5.74) is 2.76. The van der Waals surface area contributed by atoms with Crippen molar-refractivity contribution >= 4 is 0 Å². The standard InChI is InChI=1S/C24H32N2O4/c1-18(2)20-5-3-19(4-6-20)14-25-9-11-26(12-10-25)15-21(27)16-28-22-7-8-23-24(13-22)30-17-29-23/h3-8,13,18,21,27H,9-12,14-17H2,1-2H3. The van der Waals surface area contributed by atoms with Gasteiger partial charge in [-0.25, -0.2) is 0 Å². The van der Waals surface area contributed by atoms with E-state index in [4.69, 9.17) is 14.2 Å². The van der Waals surface area contributed by atoms with Crippen LogP contribution in [0.5, 0.6) is 17.2 Å². The predicted molar refractivity (Wildman–Crippen MR) is 116 cm³/mol. The van der Waals surface area contributed by atoms with Gasteiger partial charge in [0.05, 0.1) is 0 Å². The summed E-state index contributed by atoms with van der Waals surface area (Å²) in [4.78, 5) is 4.79. The predicted octanol–water partition coefficient (Wildman–Crippen LogP) is 3.10.